The van der Waals surface area contributed by atoms with Crippen molar-refractivity contribution >= 4 is 0 Å². The zero-order valence-corrected chi connectivity index (χ0v) is 12.4. The van der Waals surface area contributed by atoms with Crippen LogP contribution in [0.25, 0.3) is 0 Å². The summed E-state index contributed by atoms with van der Waals surface area (Å²) in [6.45, 7) is 5.44. The molecule has 1 nitrogen and oxygen atoms in total. The van der Waals surface area contributed by atoms with Gasteiger partial charge in [-0.05, 0) is 61.9 Å². The maximum absolute atomic E-state index is 3.74. The number of aryl methyl sites for hydroxylation is 3. The number of fused-ring (bicyclic) bond motifs is 1. The van der Waals surface area contributed by atoms with Crippen molar-refractivity contribution in [1.82, 2.24) is 5.32 Å². The summed E-state index contributed by atoms with van der Waals surface area (Å²) in [6, 6.07) is 16.1. The van der Waals surface area contributed by atoms with Crippen molar-refractivity contribution < 1.29 is 0 Å². The second kappa shape index (κ2) is 5.80. The molecule has 0 spiro atoms. The summed E-state index contributed by atoms with van der Waals surface area (Å²) >= 11 is 0. The summed E-state index contributed by atoms with van der Waals surface area (Å²) < 4.78 is 0. The molecule has 0 bridgehead atoms. The van der Waals surface area contributed by atoms with Crippen LogP contribution in [0.4, 0.5) is 0 Å². The van der Waals surface area contributed by atoms with Crippen LogP contribution < -0.4 is 5.32 Å². The van der Waals surface area contributed by atoms with Gasteiger partial charge in [-0.25, -0.2) is 0 Å². The van der Waals surface area contributed by atoms with E-state index in [0.29, 0.717) is 6.04 Å². The third kappa shape index (κ3) is 2.78. The molecule has 1 aliphatic rings. The van der Waals surface area contributed by atoms with Crippen LogP contribution >= 0.6 is 0 Å². The Balaban J connectivity index is 1.61. The Bertz CT molecular complexity index is 600. The Hall–Kier alpha value is -1.60. The van der Waals surface area contributed by atoms with Crippen LogP contribution in [0.1, 0.15) is 40.3 Å². The first-order valence-corrected chi connectivity index (χ1v) is 7.61. The molecule has 0 fully saturated rings. The lowest BCUT2D eigenvalue weighted by atomic mass is 10.0. The van der Waals surface area contributed by atoms with Gasteiger partial charge in [-0.3, -0.25) is 0 Å². The topological polar surface area (TPSA) is 12.0 Å². The lowest BCUT2D eigenvalue weighted by Gasteiger charge is -2.15. The van der Waals surface area contributed by atoms with E-state index < -0.39 is 0 Å². The lowest BCUT2D eigenvalue weighted by Crippen LogP contribution is -2.22. The number of hydrogen-bond acceptors (Lipinski definition) is 1. The van der Waals surface area contributed by atoms with Crippen LogP contribution in [-0.4, -0.2) is 6.54 Å². The lowest BCUT2D eigenvalue weighted by molar-refractivity contribution is 0.533. The first-order chi connectivity index (χ1) is 9.74. The molecule has 104 valence electrons. The second-order valence-electron chi connectivity index (χ2n) is 5.92. The molecule has 0 saturated carbocycles. The van der Waals surface area contributed by atoms with Gasteiger partial charge >= 0.3 is 0 Å². The van der Waals surface area contributed by atoms with Gasteiger partial charge in [-0.1, -0.05) is 48.0 Å². The van der Waals surface area contributed by atoms with Gasteiger partial charge in [0.05, 0.1) is 0 Å². The highest BCUT2D eigenvalue weighted by atomic mass is 14.9. The van der Waals surface area contributed by atoms with Crippen molar-refractivity contribution in [2.45, 2.75) is 39.2 Å². The molecule has 3 rings (SSSR count). The first kappa shape index (κ1) is 13.4. The standard InChI is InChI=1S/C19H23N/c1-14-7-8-17-9-10-19(18(17)13-14)20-12-11-16-6-4-3-5-15(16)2/h3-8,13,19-20H,9-12H2,1-2H3. The quantitative estimate of drug-likeness (QED) is 0.876. The largest absolute Gasteiger partial charge is 0.310 e. The van der Waals surface area contributed by atoms with Crippen molar-refractivity contribution in [3.8, 4) is 0 Å². The van der Waals surface area contributed by atoms with Gasteiger partial charge < -0.3 is 5.32 Å². The number of hydrogen-bond donors (Lipinski definition) is 1. The van der Waals surface area contributed by atoms with E-state index in [2.05, 4.69) is 61.6 Å². The zero-order valence-electron chi connectivity index (χ0n) is 12.4. The summed E-state index contributed by atoms with van der Waals surface area (Å²) in [5, 5.41) is 3.74. The summed E-state index contributed by atoms with van der Waals surface area (Å²) in [5.41, 5.74) is 7.29. The van der Waals surface area contributed by atoms with Crippen LogP contribution in [0, 0.1) is 13.8 Å². The Kier molecular flexibility index (Phi) is 3.88. The Morgan fingerprint density at radius 1 is 1.10 bits per heavy atom. The molecule has 1 unspecified atom stereocenters. The van der Waals surface area contributed by atoms with Gasteiger partial charge in [0.15, 0.2) is 0 Å². The van der Waals surface area contributed by atoms with Gasteiger partial charge in [0.1, 0.15) is 0 Å². The van der Waals surface area contributed by atoms with Crippen LogP contribution in [0.5, 0.6) is 0 Å². The smallest absolute Gasteiger partial charge is 0.0326 e. The van der Waals surface area contributed by atoms with Crippen molar-refractivity contribution in [2.75, 3.05) is 6.54 Å². The van der Waals surface area contributed by atoms with Gasteiger partial charge in [0.25, 0.3) is 0 Å². The number of rotatable bonds is 4. The molecular formula is C19H23N. The second-order valence-corrected chi connectivity index (χ2v) is 5.92. The minimum Gasteiger partial charge on any atom is -0.310 e. The molecule has 0 amide bonds. The van der Waals surface area contributed by atoms with Crippen molar-refractivity contribution in [2.24, 2.45) is 0 Å². The van der Waals surface area contributed by atoms with Crippen LogP contribution in [0.15, 0.2) is 42.5 Å². The highest BCUT2D eigenvalue weighted by Crippen LogP contribution is 2.31. The number of nitrogens with one attached hydrogen (secondary N) is 1. The van der Waals surface area contributed by atoms with E-state index in [4.69, 9.17) is 0 Å². The van der Waals surface area contributed by atoms with Crippen molar-refractivity contribution in [1.29, 1.82) is 0 Å². The van der Waals surface area contributed by atoms with Crippen LogP contribution in [0.3, 0.4) is 0 Å². The SMILES string of the molecule is Cc1ccc2c(c1)C(NCCc1ccccc1C)CC2. The predicted octanol–water partition coefficient (Wildman–Crippen LogP) is 4.12. The molecular weight excluding hydrogens is 242 g/mol. The molecule has 20 heavy (non-hydrogen) atoms. The molecule has 2 aromatic rings. The highest BCUT2D eigenvalue weighted by Gasteiger charge is 2.21. The van der Waals surface area contributed by atoms with E-state index in [1.54, 1.807) is 0 Å². The molecule has 2 aromatic carbocycles. The van der Waals surface area contributed by atoms with E-state index in [9.17, 15) is 0 Å². The van der Waals surface area contributed by atoms with Crippen LogP contribution in [0.2, 0.25) is 0 Å². The third-order valence-electron chi connectivity index (χ3n) is 4.43. The van der Waals surface area contributed by atoms with Gasteiger partial charge in [-0.15, -0.1) is 0 Å². The fourth-order valence-corrected chi connectivity index (χ4v) is 3.21. The van der Waals surface area contributed by atoms with E-state index in [0.717, 1.165) is 13.0 Å². The zero-order chi connectivity index (χ0) is 13.9. The predicted molar refractivity (Wildman–Crippen MR) is 85.1 cm³/mol. The maximum Gasteiger partial charge on any atom is 0.0326 e. The molecule has 0 heterocycles. The monoisotopic (exact) mass is 265 g/mol. The summed E-state index contributed by atoms with van der Waals surface area (Å²) in [6.07, 6.45) is 3.58. The van der Waals surface area contributed by atoms with E-state index >= 15 is 0 Å². The molecule has 1 atom stereocenters. The summed E-state index contributed by atoms with van der Waals surface area (Å²) in [7, 11) is 0. The summed E-state index contributed by atoms with van der Waals surface area (Å²) in [5.74, 6) is 0. The number of benzene rings is 2. The fourth-order valence-electron chi connectivity index (χ4n) is 3.21. The normalized spacial score (nSPS) is 17.2. The molecule has 1 aliphatic carbocycles. The summed E-state index contributed by atoms with van der Waals surface area (Å²) in [4.78, 5) is 0. The molecule has 0 aromatic heterocycles. The highest BCUT2D eigenvalue weighted by molar-refractivity contribution is 5.37. The molecule has 0 aliphatic heterocycles. The third-order valence-corrected chi connectivity index (χ3v) is 4.43. The van der Waals surface area contributed by atoms with E-state index in [1.165, 1.54) is 40.7 Å². The minimum atomic E-state index is 0.550. The van der Waals surface area contributed by atoms with Gasteiger partial charge in [0, 0.05) is 6.04 Å². The molecule has 1 N–H and O–H groups in total. The van der Waals surface area contributed by atoms with E-state index in [1.807, 2.05) is 0 Å². The Labute approximate surface area is 122 Å². The first-order valence-electron chi connectivity index (χ1n) is 7.61. The minimum absolute atomic E-state index is 0.550. The van der Waals surface area contributed by atoms with Crippen molar-refractivity contribution in [3.63, 3.8) is 0 Å². The molecule has 0 saturated heterocycles. The van der Waals surface area contributed by atoms with E-state index in [-0.39, 0.29) is 0 Å². The van der Waals surface area contributed by atoms with Gasteiger partial charge in [0.2, 0.25) is 0 Å². The average Bonchev–Trinajstić information content (AvgIpc) is 2.83. The molecule has 0 radical (unpaired) electrons. The van der Waals surface area contributed by atoms with Crippen molar-refractivity contribution in [3.05, 3.63) is 70.3 Å². The average molecular weight is 265 g/mol. The molecule has 1 heteroatoms. The Morgan fingerprint density at radius 2 is 1.95 bits per heavy atom. The fraction of sp³-hybridized carbons (Fsp3) is 0.368. The van der Waals surface area contributed by atoms with Gasteiger partial charge in [-0.2, -0.15) is 0 Å². The van der Waals surface area contributed by atoms with Crippen LogP contribution in [-0.2, 0) is 12.8 Å². The Morgan fingerprint density at radius 3 is 2.80 bits per heavy atom. The maximum atomic E-state index is 3.74.